The zero-order chi connectivity index (χ0) is 11.8. The highest BCUT2D eigenvalue weighted by Crippen LogP contribution is 2.23. The molecular weight excluding hydrogens is 206 g/mol. The Morgan fingerprint density at radius 3 is 2.81 bits per heavy atom. The van der Waals surface area contributed by atoms with E-state index in [1.54, 1.807) is 0 Å². The third kappa shape index (κ3) is 4.08. The number of aliphatic hydroxyl groups is 2. The summed E-state index contributed by atoms with van der Waals surface area (Å²) in [4.78, 5) is 0. The summed E-state index contributed by atoms with van der Waals surface area (Å²) in [5.74, 6) is 0.773. The van der Waals surface area contributed by atoms with Crippen molar-refractivity contribution < 1.29 is 14.9 Å². The van der Waals surface area contributed by atoms with Crippen molar-refractivity contribution in [3.63, 3.8) is 0 Å². The van der Waals surface area contributed by atoms with Crippen LogP contribution in [0, 0.1) is 0 Å². The van der Waals surface area contributed by atoms with Crippen LogP contribution in [0.1, 0.15) is 13.3 Å². The molecule has 0 bridgehead atoms. The topological polar surface area (TPSA) is 61.7 Å². The zero-order valence-corrected chi connectivity index (χ0v) is 9.52. The Bertz CT molecular complexity index is 304. The lowest BCUT2D eigenvalue weighted by molar-refractivity contribution is 0.105. The number of benzene rings is 1. The Morgan fingerprint density at radius 2 is 2.12 bits per heavy atom. The maximum Gasteiger partial charge on any atom is 0.142 e. The Morgan fingerprint density at radius 1 is 1.38 bits per heavy atom. The van der Waals surface area contributed by atoms with Gasteiger partial charge < -0.3 is 20.3 Å². The Labute approximate surface area is 95.9 Å². The first-order valence-electron chi connectivity index (χ1n) is 5.52. The van der Waals surface area contributed by atoms with E-state index < -0.39 is 6.10 Å². The standard InChI is InChI=1S/C12H19NO3/c1-2-7-16-12-6-4-3-5-11(12)13-8-10(15)9-14/h3-6,10,13-15H,2,7-9H2,1H3. The largest absolute Gasteiger partial charge is 0.491 e. The minimum absolute atomic E-state index is 0.245. The van der Waals surface area contributed by atoms with Gasteiger partial charge in [-0.1, -0.05) is 19.1 Å². The van der Waals surface area contributed by atoms with Gasteiger partial charge in [0.2, 0.25) is 0 Å². The van der Waals surface area contributed by atoms with E-state index in [1.807, 2.05) is 31.2 Å². The highest BCUT2D eigenvalue weighted by molar-refractivity contribution is 5.56. The summed E-state index contributed by atoms with van der Waals surface area (Å²) in [7, 11) is 0. The molecule has 3 N–H and O–H groups in total. The number of ether oxygens (including phenoxy) is 1. The van der Waals surface area contributed by atoms with Crippen molar-refractivity contribution in [1.82, 2.24) is 0 Å². The van der Waals surface area contributed by atoms with Crippen LogP contribution in [0.5, 0.6) is 5.75 Å². The van der Waals surface area contributed by atoms with Crippen molar-refractivity contribution in [3.8, 4) is 5.75 Å². The van der Waals surface area contributed by atoms with Gasteiger partial charge in [-0.2, -0.15) is 0 Å². The molecule has 0 radical (unpaired) electrons. The maximum atomic E-state index is 9.23. The Kier molecular flexibility index (Phi) is 5.67. The second-order valence-electron chi connectivity index (χ2n) is 3.56. The number of rotatable bonds is 7. The Hall–Kier alpha value is -1.26. The van der Waals surface area contributed by atoms with Crippen molar-refractivity contribution in [2.75, 3.05) is 25.1 Å². The van der Waals surface area contributed by atoms with E-state index >= 15 is 0 Å². The van der Waals surface area contributed by atoms with Gasteiger partial charge in [-0.25, -0.2) is 0 Å². The molecule has 0 aromatic heterocycles. The quantitative estimate of drug-likeness (QED) is 0.653. The fourth-order valence-electron chi connectivity index (χ4n) is 1.24. The SMILES string of the molecule is CCCOc1ccccc1NCC(O)CO. The third-order valence-electron chi connectivity index (χ3n) is 2.09. The van der Waals surface area contributed by atoms with E-state index in [0.717, 1.165) is 17.9 Å². The normalized spacial score (nSPS) is 12.2. The second kappa shape index (κ2) is 7.09. The molecule has 0 heterocycles. The number of para-hydroxylation sites is 2. The molecule has 1 atom stereocenters. The monoisotopic (exact) mass is 225 g/mol. The number of anilines is 1. The van der Waals surface area contributed by atoms with E-state index in [4.69, 9.17) is 9.84 Å². The van der Waals surface area contributed by atoms with E-state index in [-0.39, 0.29) is 6.61 Å². The highest BCUT2D eigenvalue weighted by Gasteiger charge is 2.05. The maximum absolute atomic E-state index is 9.23. The van der Waals surface area contributed by atoms with E-state index in [9.17, 15) is 5.11 Å². The fraction of sp³-hybridized carbons (Fsp3) is 0.500. The van der Waals surface area contributed by atoms with Crippen LogP contribution >= 0.6 is 0 Å². The molecule has 1 unspecified atom stereocenters. The number of aliphatic hydroxyl groups excluding tert-OH is 2. The zero-order valence-electron chi connectivity index (χ0n) is 9.52. The molecule has 16 heavy (non-hydrogen) atoms. The van der Waals surface area contributed by atoms with Gasteiger partial charge in [0, 0.05) is 6.54 Å². The molecule has 0 aliphatic carbocycles. The van der Waals surface area contributed by atoms with Crippen LogP contribution < -0.4 is 10.1 Å². The molecular formula is C12H19NO3. The number of hydrogen-bond donors (Lipinski definition) is 3. The summed E-state index contributed by atoms with van der Waals surface area (Å²) in [5, 5.41) is 21.0. The van der Waals surface area contributed by atoms with Gasteiger partial charge in [0.1, 0.15) is 5.75 Å². The summed E-state index contributed by atoms with van der Waals surface area (Å²) < 4.78 is 5.55. The average Bonchev–Trinajstić information content (AvgIpc) is 2.34. The molecule has 1 aromatic rings. The van der Waals surface area contributed by atoms with E-state index in [1.165, 1.54) is 0 Å². The van der Waals surface area contributed by atoms with Crippen molar-refractivity contribution in [1.29, 1.82) is 0 Å². The lowest BCUT2D eigenvalue weighted by Crippen LogP contribution is -2.23. The minimum atomic E-state index is -0.751. The van der Waals surface area contributed by atoms with Crippen molar-refractivity contribution in [2.24, 2.45) is 0 Å². The molecule has 90 valence electrons. The second-order valence-corrected chi connectivity index (χ2v) is 3.56. The van der Waals surface area contributed by atoms with E-state index in [0.29, 0.717) is 13.2 Å². The van der Waals surface area contributed by atoms with Gasteiger partial charge in [-0.3, -0.25) is 0 Å². The van der Waals surface area contributed by atoms with Crippen molar-refractivity contribution in [2.45, 2.75) is 19.4 Å². The van der Waals surface area contributed by atoms with Gasteiger partial charge in [0.25, 0.3) is 0 Å². The van der Waals surface area contributed by atoms with Crippen LogP contribution in [0.25, 0.3) is 0 Å². The predicted molar refractivity (Wildman–Crippen MR) is 63.8 cm³/mol. The summed E-state index contributed by atoms with van der Waals surface area (Å²) in [6.45, 7) is 2.78. The number of hydrogen-bond acceptors (Lipinski definition) is 4. The van der Waals surface area contributed by atoms with Gasteiger partial charge in [0.15, 0.2) is 0 Å². The molecule has 1 rings (SSSR count). The fourth-order valence-corrected chi connectivity index (χ4v) is 1.24. The smallest absolute Gasteiger partial charge is 0.142 e. The van der Waals surface area contributed by atoms with Crippen molar-refractivity contribution >= 4 is 5.69 Å². The number of nitrogens with one attached hydrogen (secondary N) is 1. The first-order valence-corrected chi connectivity index (χ1v) is 5.52. The van der Waals surface area contributed by atoms with Crippen molar-refractivity contribution in [3.05, 3.63) is 24.3 Å². The summed E-state index contributed by atoms with van der Waals surface area (Å²) in [5.41, 5.74) is 0.837. The molecule has 0 aliphatic heterocycles. The summed E-state index contributed by atoms with van der Waals surface area (Å²) in [6, 6.07) is 7.56. The first kappa shape index (κ1) is 12.8. The lowest BCUT2D eigenvalue weighted by atomic mass is 10.2. The molecule has 0 fully saturated rings. The van der Waals surface area contributed by atoms with Gasteiger partial charge in [-0.15, -0.1) is 0 Å². The molecule has 4 heteroatoms. The van der Waals surface area contributed by atoms with Crippen LogP contribution in [0.3, 0.4) is 0 Å². The highest BCUT2D eigenvalue weighted by atomic mass is 16.5. The summed E-state index contributed by atoms with van der Waals surface area (Å²) in [6.07, 6.45) is 0.201. The van der Waals surface area contributed by atoms with Crippen LogP contribution in [0.4, 0.5) is 5.69 Å². The summed E-state index contributed by atoms with van der Waals surface area (Å²) >= 11 is 0. The lowest BCUT2D eigenvalue weighted by Gasteiger charge is -2.14. The molecule has 4 nitrogen and oxygen atoms in total. The van der Waals surface area contributed by atoms with Gasteiger partial charge in [0.05, 0.1) is 25.0 Å². The molecule has 0 spiro atoms. The van der Waals surface area contributed by atoms with Crippen LogP contribution in [0.2, 0.25) is 0 Å². The van der Waals surface area contributed by atoms with Crippen LogP contribution in [0.15, 0.2) is 24.3 Å². The molecule has 0 saturated carbocycles. The molecule has 0 aliphatic rings. The minimum Gasteiger partial charge on any atom is -0.491 e. The molecule has 0 saturated heterocycles. The van der Waals surface area contributed by atoms with E-state index in [2.05, 4.69) is 5.32 Å². The van der Waals surface area contributed by atoms with Gasteiger partial charge >= 0.3 is 0 Å². The molecule has 1 aromatic carbocycles. The third-order valence-corrected chi connectivity index (χ3v) is 2.09. The van der Waals surface area contributed by atoms with Crippen LogP contribution in [-0.2, 0) is 0 Å². The predicted octanol–water partition coefficient (Wildman–Crippen LogP) is 1.24. The average molecular weight is 225 g/mol. The van der Waals surface area contributed by atoms with Gasteiger partial charge in [-0.05, 0) is 18.6 Å². The first-order chi connectivity index (χ1) is 7.77. The Balaban J connectivity index is 2.56. The van der Waals surface area contributed by atoms with Crippen LogP contribution in [-0.4, -0.2) is 36.1 Å². The molecule has 0 amide bonds.